The zero-order chi connectivity index (χ0) is 36.6. The molecule has 0 saturated carbocycles. The second-order valence-electron chi connectivity index (χ2n) is 14.0. The van der Waals surface area contributed by atoms with Crippen LogP contribution in [0.5, 0.6) is 0 Å². The third kappa shape index (κ3) is 4.39. The molecule has 3 aromatic heterocycles. The number of rotatable bonds is 4. The molecule has 254 valence electrons. The maximum atomic E-state index is 10.8. The number of hydrogen-bond donors (Lipinski definition) is 0. The fourth-order valence-corrected chi connectivity index (χ4v) is 8.83. The van der Waals surface area contributed by atoms with Gasteiger partial charge >= 0.3 is 0 Å². The summed E-state index contributed by atoms with van der Waals surface area (Å²) in [5, 5.41) is 27.6. The van der Waals surface area contributed by atoms with E-state index in [1.165, 1.54) is 21.5 Å². The highest BCUT2D eigenvalue weighted by Crippen LogP contribution is 2.42. The molecule has 0 aliphatic rings. The van der Waals surface area contributed by atoms with Crippen molar-refractivity contribution in [1.29, 1.82) is 10.5 Å². The van der Waals surface area contributed by atoms with Gasteiger partial charge in [0.1, 0.15) is 0 Å². The number of para-hydroxylation sites is 6. The van der Waals surface area contributed by atoms with Gasteiger partial charge in [-0.05, 0) is 66.7 Å². The summed E-state index contributed by atoms with van der Waals surface area (Å²) < 4.78 is 6.93. The summed E-state index contributed by atoms with van der Waals surface area (Å²) in [6.07, 6.45) is 0. The van der Waals surface area contributed by atoms with Crippen LogP contribution >= 0.6 is 0 Å². The Labute approximate surface area is 316 Å². The maximum Gasteiger partial charge on any atom is 0.0998 e. The van der Waals surface area contributed by atoms with Crippen LogP contribution in [0.3, 0.4) is 0 Å². The van der Waals surface area contributed by atoms with E-state index in [9.17, 15) is 10.5 Å². The van der Waals surface area contributed by atoms with E-state index in [2.05, 4.69) is 177 Å². The summed E-state index contributed by atoms with van der Waals surface area (Å²) in [5.74, 6) is 0. The molecule has 11 rings (SSSR count). The van der Waals surface area contributed by atoms with Crippen molar-refractivity contribution in [2.75, 3.05) is 0 Å². The minimum absolute atomic E-state index is 0.585. The smallest absolute Gasteiger partial charge is 0.0998 e. The lowest BCUT2D eigenvalue weighted by Gasteiger charge is -2.18. The van der Waals surface area contributed by atoms with Crippen LogP contribution in [0.2, 0.25) is 0 Å². The van der Waals surface area contributed by atoms with Crippen molar-refractivity contribution in [2.24, 2.45) is 0 Å². The van der Waals surface area contributed by atoms with Crippen molar-refractivity contribution in [2.45, 2.75) is 0 Å². The molecule has 0 fully saturated rings. The molecule has 0 bridgehead atoms. The molecule has 3 heterocycles. The fraction of sp³-hybridized carbons (Fsp3) is 0. The summed E-state index contributed by atoms with van der Waals surface area (Å²) in [6, 6.07) is 65.8. The van der Waals surface area contributed by atoms with Gasteiger partial charge in [-0.1, -0.05) is 109 Å². The molecule has 11 aromatic rings. The Morgan fingerprint density at radius 2 is 0.873 bits per heavy atom. The van der Waals surface area contributed by atoms with Gasteiger partial charge in [0, 0.05) is 49.1 Å². The molecule has 5 nitrogen and oxygen atoms in total. The van der Waals surface area contributed by atoms with Gasteiger partial charge in [0.2, 0.25) is 0 Å². The lowest BCUT2D eigenvalue weighted by molar-refractivity contribution is 1.13. The van der Waals surface area contributed by atoms with E-state index in [1.807, 2.05) is 24.3 Å². The highest BCUT2D eigenvalue weighted by Gasteiger charge is 2.23. The zero-order valence-electron chi connectivity index (χ0n) is 29.5. The van der Waals surface area contributed by atoms with Crippen LogP contribution in [-0.4, -0.2) is 13.7 Å². The van der Waals surface area contributed by atoms with Crippen molar-refractivity contribution in [3.63, 3.8) is 0 Å². The molecule has 0 spiro atoms. The minimum Gasteiger partial charge on any atom is -0.309 e. The van der Waals surface area contributed by atoms with Crippen LogP contribution < -0.4 is 0 Å². The lowest BCUT2D eigenvalue weighted by Crippen LogP contribution is -2.03. The van der Waals surface area contributed by atoms with E-state index in [0.717, 1.165) is 72.1 Å². The summed E-state index contributed by atoms with van der Waals surface area (Å²) >= 11 is 0. The van der Waals surface area contributed by atoms with Gasteiger partial charge in [-0.15, -0.1) is 0 Å². The molecule has 55 heavy (non-hydrogen) atoms. The Morgan fingerprint density at radius 3 is 1.49 bits per heavy atom. The first-order valence-corrected chi connectivity index (χ1v) is 18.3. The van der Waals surface area contributed by atoms with E-state index >= 15 is 0 Å². The fourth-order valence-electron chi connectivity index (χ4n) is 8.83. The molecule has 8 aromatic carbocycles. The molecule has 0 saturated heterocycles. The van der Waals surface area contributed by atoms with E-state index < -0.39 is 0 Å². The van der Waals surface area contributed by atoms with Crippen LogP contribution in [0.4, 0.5) is 0 Å². The van der Waals surface area contributed by atoms with Crippen LogP contribution in [0.25, 0.3) is 93.6 Å². The quantitative estimate of drug-likeness (QED) is 0.184. The van der Waals surface area contributed by atoms with Crippen LogP contribution in [0.15, 0.2) is 176 Å². The molecule has 0 atom stereocenters. The van der Waals surface area contributed by atoms with Gasteiger partial charge in [-0.3, -0.25) is 0 Å². The Morgan fingerprint density at radius 1 is 0.345 bits per heavy atom. The van der Waals surface area contributed by atoms with Crippen molar-refractivity contribution >= 4 is 65.4 Å². The number of benzene rings is 8. The summed E-state index contributed by atoms with van der Waals surface area (Å²) in [4.78, 5) is 0. The largest absolute Gasteiger partial charge is 0.309 e. The Bertz CT molecular complexity index is 3360. The Kier molecular flexibility index (Phi) is 6.61. The first kappa shape index (κ1) is 30.7. The molecule has 0 aliphatic heterocycles. The molecule has 0 radical (unpaired) electrons. The summed E-state index contributed by atoms with van der Waals surface area (Å²) in [5.41, 5.74) is 12.3. The Hall–Kier alpha value is -7.86. The standard InChI is InChI=1S/C50H29N5/c51-30-32-24-27-48-42(28-32)41-17-11-23-49(54-45-20-8-4-15-39(45)40-16-5-9-21-46(40)54)50(41)55(48)47-22-10-1-12-36(47)35-26-25-34(29-33(35)31-52)53-43-18-6-2-13-37(43)38-14-3-7-19-44(38)53/h1-29H. The third-order valence-electron chi connectivity index (χ3n) is 11.1. The normalized spacial score (nSPS) is 11.6. The average molecular weight is 700 g/mol. The van der Waals surface area contributed by atoms with Crippen molar-refractivity contribution in [3.8, 4) is 40.3 Å². The summed E-state index contributed by atoms with van der Waals surface area (Å²) in [6.45, 7) is 0. The second kappa shape index (κ2) is 11.8. The SMILES string of the molecule is N#Cc1ccc2c(c1)c1cccc(-n3c4ccccc4c4ccccc43)c1n2-c1ccccc1-c1ccc(-n2c3ccccc3c3ccccc32)cc1C#N. The predicted molar refractivity (Wildman–Crippen MR) is 224 cm³/mol. The van der Waals surface area contributed by atoms with Gasteiger partial charge in [-0.25, -0.2) is 0 Å². The van der Waals surface area contributed by atoms with E-state index in [-0.39, 0.29) is 0 Å². The molecule has 0 amide bonds. The van der Waals surface area contributed by atoms with E-state index in [1.54, 1.807) is 0 Å². The number of fused-ring (bicyclic) bond motifs is 9. The topological polar surface area (TPSA) is 62.4 Å². The summed E-state index contributed by atoms with van der Waals surface area (Å²) in [7, 11) is 0. The van der Waals surface area contributed by atoms with Gasteiger partial charge < -0.3 is 13.7 Å². The monoisotopic (exact) mass is 699 g/mol. The molecular formula is C50H29N5. The minimum atomic E-state index is 0.585. The third-order valence-corrected chi connectivity index (χ3v) is 11.1. The zero-order valence-corrected chi connectivity index (χ0v) is 29.5. The van der Waals surface area contributed by atoms with Gasteiger partial charge in [0.25, 0.3) is 0 Å². The van der Waals surface area contributed by atoms with Crippen molar-refractivity contribution < 1.29 is 0 Å². The van der Waals surface area contributed by atoms with Gasteiger partial charge in [-0.2, -0.15) is 10.5 Å². The average Bonchev–Trinajstić information content (AvgIpc) is 3.89. The molecule has 5 heteroatoms. The van der Waals surface area contributed by atoms with Crippen molar-refractivity contribution in [3.05, 3.63) is 187 Å². The molecular weight excluding hydrogens is 671 g/mol. The second-order valence-corrected chi connectivity index (χ2v) is 14.0. The van der Waals surface area contributed by atoms with Crippen LogP contribution in [-0.2, 0) is 0 Å². The highest BCUT2D eigenvalue weighted by molar-refractivity contribution is 6.16. The van der Waals surface area contributed by atoms with Gasteiger partial charge in [0.05, 0.1) is 67.7 Å². The van der Waals surface area contributed by atoms with Crippen LogP contribution in [0.1, 0.15) is 11.1 Å². The number of aromatic nitrogens is 3. The van der Waals surface area contributed by atoms with Crippen molar-refractivity contribution in [1.82, 2.24) is 13.7 Å². The molecule has 0 N–H and O–H groups in total. The lowest BCUT2D eigenvalue weighted by atomic mass is 9.97. The van der Waals surface area contributed by atoms with E-state index in [4.69, 9.17) is 0 Å². The van der Waals surface area contributed by atoms with E-state index in [0.29, 0.717) is 11.1 Å². The Balaban J connectivity index is 1.20. The first-order chi connectivity index (χ1) is 27.2. The number of nitriles is 2. The molecule has 0 unspecified atom stereocenters. The first-order valence-electron chi connectivity index (χ1n) is 18.3. The number of hydrogen-bond acceptors (Lipinski definition) is 2. The molecule has 0 aliphatic carbocycles. The predicted octanol–water partition coefficient (Wildman–Crippen LogP) is 12.4. The number of nitrogens with zero attached hydrogens (tertiary/aromatic N) is 5. The van der Waals surface area contributed by atoms with Gasteiger partial charge in [0.15, 0.2) is 0 Å². The maximum absolute atomic E-state index is 10.8. The highest BCUT2D eigenvalue weighted by atomic mass is 15.1. The van der Waals surface area contributed by atoms with Crippen LogP contribution in [0, 0.1) is 22.7 Å².